The smallest absolute Gasteiger partial charge is 0.363 e. The molecule has 1 aliphatic heterocycles. The van der Waals surface area contributed by atoms with Crippen LogP contribution in [0.1, 0.15) is 31.9 Å². The molecule has 1 heterocycles. The summed E-state index contributed by atoms with van der Waals surface area (Å²) in [5.74, 6) is 0.739. The molecule has 8 heteroatoms. The van der Waals surface area contributed by atoms with Crippen molar-refractivity contribution in [2.75, 3.05) is 6.61 Å². The van der Waals surface area contributed by atoms with Gasteiger partial charge in [-0.15, -0.1) is 0 Å². The molecule has 0 bridgehead atoms. The molecule has 3 rings (SSSR count). The van der Waals surface area contributed by atoms with Crippen molar-refractivity contribution >= 4 is 57.1 Å². The van der Waals surface area contributed by atoms with E-state index in [4.69, 9.17) is 37.4 Å². The first kappa shape index (κ1) is 21.7. The van der Waals surface area contributed by atoms with Crippen molar-refractivity contribution in [1.82, 2.24) is 0 Å². The van der Waals surface area contributed by atoms with E-state index in [-0.39, 0.29) is 17.7 Å². The van der Waals surface area contributed by atoms with Crippen LogP contribution in [0, 0.1) is 0 Å². The summed E-state index contributed by atoms with van der Waals surface area (Å²) in [6, 6.07) is 8.48. The zero-order valence-corrected chi connectivity index (χ0v) is 19.1. The minimum Gasteiger partial charge on any atom is -0.490 e. The Hall–Kier alpha value is -2.02. The third-order valence-electron chi connectivity index (χ3n) is 3.77. The van der Waals surface area contributed by atoms with Gasteiger partial charge in [0.1, 0.15) is 0 Å². The molecule has 0 amide bonds. The van der Waals surface area contributed by atoms with Crippen LogP contribution in [0.4, 0.5) is 0 Å². The van der Waals surface area contributed by atoms with E-state index in [0.717, 1.165) is 0 Å². The molecule has 0 spiro atoms. The number of hydrogen-bond donors (Lipinski definition) is 0. The summed E-state index contributed by atoms with van der Waals surface area (Å²) in [5.41, 5.74) is 1.35. The van der Waals surface area contributed by atoms with Crippen LogP contribution in [0.25, 0.3) is 6.08 Å². The van der Waals surface area contributed by atoms with Gasteiger partial charge in [0.05, 0.1) is 27.8 Å². The highest BCUT2D eigenvalue weighted by Gasteiger charge is 2.26. The average Bonchev–Trinajstić information content (AvgIpc) is 2.98. The standard InChI is InChI=1S/C21H18BrCl2NO4/c1-4-27-18-9-12(7-15(22)19(18)28-11(2)3)8-17-21(26)29-20(25-17)14-6-5-13(23)10-16(14)24/h5-11H,4H2,1-3H3/b17-8-. The normalized spacial score (nSPS) is 14.9. The lowest BCUT2D eigenvalue weighted by molar-refractivity contribution is -0.129. The Kier molecular flexibility index (Phi) is 6.88. The van der Waals surface area contributed by atoms with Gasteiger partial charge in [0.15, 0.2) is 17.2 Å². The van der Waals surface area contributed by atoms with Gasteiger partial charge in [-0.05, 0) is 78.7 Å². The molecule has 0 saturated heterocycles. The molecular weight excluding hydrogens is 481 g/mol. The van der Waals surface area contributed by atoms with E-state index in [2.05, 4.69) is 20.9 Å². The van der Waals surface area contributed by atoms with Crippen LogP contribution in [0.15, 0.2) is 45.5 Å². The molecule has 0 fully saturated rings. The highest BCUT2D eigenvalue weighted by atomic mass is 79.9. The van der Waals surface area contributed by atoms with Crippen molar-refractivity contribution in [1.29, 1.82) is 0 Å². The van der Waals surface area contributed by atoms with Crippen LogP contribution in [0.5, 0.6) is 11.5 Å². The SMILES string of the molecule is CCOc1cc(/C=C2\N=C(c3ccc(Cl)cc3Cl)OC2=O)cc(Br)c1OC(C)C. The number of esters is 1. The maximum atomic E-state index is 12.3. The van der Waals surface area contributed by atoms with Crippen molar-refractivity contribution in [3.05, 3.63) is 61.7 Å². The molecule has 0 radical (unpaired) electrons. The van der Waals surface area contributed by atoms with Crippen LogP contribution >= 0.6 is 39.1 Å². The van der Waals surface area contributed by atoms with Gasteiger partial charge in [-0.25, -0.2) is 9.79 Å². The minimum atomic E-state index is -0.567. The van der Waals surface area contributed by atoms with E-state index in [1.54, 1.807) is 30.3 Å². The topological polar surface area (TPSA) is 57.1 Å². The van der Waals surface area contributed by atoms with Crippen LogP contribution in [0.2, 0.25) is 10.0 Å². The maximum Gasteiger partial charge on any atom is 0.363 e. The van der Waals surface area contributed by atoms with Crippen LogP contribution in [-0.2, 0) is 9.53 Å². The van der Waals surface area contributed by atoms with Gasteiger partial charge >= 0.3 is 5.97 Å². The Balaban J connectivity index is 1.98. The molecule has 0 unspecified atom stereocenters. The average molecular weight is 499 g/mol. The number of carbonyl (C=O) groups is 1. The summed E-state index contributed by atoms with van der Waals surface area (Å²) in [6.45, 7) is 6.23. The number of nitrogens with zero attached hydrogens (tertiary/aromatic N) is 1. The number of ether oxygens (including phenoxy) is 3. The number of cyclic esters (lactones) is 1. The van der Waals surface area contributed by atoms with E-state index >= 15 is 0 Å². The van der Waals surface area contributed by atoms with Crippen LogP contribution in [-0.4, -0.2) is 24.6 Å². The first-order valence-corrected chi connectivity index (χ1v) is 10.4. The largest absolute Gasteiger partial charge is 0.490 e. The van der Waals surface area contributed by atoms with Gasteiger partial charge in [-0.2, -0.15) is 0 Å². The fourth-order valence-corrected chi connectivity index (χ4v) is 3.67. The van der Waals surface area contributed by atoms with E-state index in [9.17, 15) is 4.79 Å². The van der Waals surface area contributed by atoms with Gasteiger partial charge in [0.2, 0.25) is 5.90 Å². The van der Waals surface area contributed by atoms with E-state index < -0.39 is 5.97 Å². The zero-order valence-electron chi connectivity index (χ0n) is 16.0. The molecule has 29 heavy (non-hydrogen) atoms. The van der Waals surface area contributed by atoms with Gasteiger partial charge in [0.25, 0.3) is 0 Å². The maximum absolute atomic E-state index is 12.3. The molecule has 0 atom stereocenters. The predicted molar refractivity (Wildman–Crippen MR) is 118 cm³/mol. The molecule has 0 aromatic heterocycles. The summed E-state index contributed by atoms with van der Waals surface area (Å²) in [5, 5.41) is 0.832. The van der Waals surface area contributed by atoms with Crippen molar-refractivity contribution in [3.8, 4) is 11.5 Å². The second-order valence-corrected chi connectivity index (χ2v) is 8.09. The number of hydrogen-bond acceptors (Lipinski definition) is 5. The molecule has 1 aliphatic rings. The summed E-state index contributed by atoms with van der Waals surface area (Å²) in [6.07, 6.45) is 1.60. The van der Waals surface area contributed by atoms with Crippen LogP contribution in [0.3, 0.4) is 0 Å². The summed E-state index contributed by atoms with van der Waals surface area (Å²) in [7, 11) is 0. The summed E-state index contributed by atoms with van der Waals surface area (Å²) < 4.78 is 17.5. The number of aliphatic imine (C=N–C) groups is 1. The summed E-state index contributed by atoms with van der Waals surface area (Å²) in [4.78, 5) is 16.6. The molecule has 2 aromatic rings. The zero-order chi connectivity index (χ0) is 21.1. The molecule has 5 nitrogen and oxygen atoms in total. The van der Waals surface area contributed by atoms with Gasteiger partial charge in [-0.3, -0.25) is 0 Å². The Morgan fingerprint density at radius 3 is 2.66 bits per heavy atom. The Bertz CT molecular complexity index is 1020. The lowest BCUT2D eigenvalue weighted by Crippen LogP contribution is -2.08. The summed E-state index contributed by atoms with van der Waals surface area (Å²) >= 11 is 15.6. The number of carbonyl (C=O) groups excluding carboxylic acids is 1. The quantitative estimate of drug-likeness (QED) is 0.347. The number of benzene rings is 2. The Morgan fingerprint density at radius 1 is 1.24 bits per heavy atom. The number of rotatable bonds is 6. The van der Waals surface area contributed by atoms with Gasteiger partial charge in [0, 0.05) is 5.02 Å². The van der Waals surface area contributed by atoms with Gasteiger partial charge in [-0.1, -0.05) is 23.2 Å². The van der Waals surface area contributed by atoms with Crippen molar-refractivity contribution in [2.45, 2.75) is 26.9 Å². The predicted octanol–water partition coefficient (Wildman–Crippen LogP) is 6.29. The lowest BCUT2D eigenvalue weighted by Gasteiger charge is -2.16. The fourth-order valence-electron chi connectivity index (χ4n) is 2.63. The number of halogens is 3. The highest BCUT2D eigenvalue weighted by molar-refractivity contribution is 9.10. The second-order valence-electron chi connectivity index (χ2n) is 6.39. The van der Waals surface area contributed by atoms with Gasteiger partial charge < -0.3 is 14.2 Å². The lowest BCUT2D eigenvalue weighted by atomic mass is 10.1. The monoisotopic (exact) mass is 497 g/mol. The van der Waals surface area contributed by atoms with E-state index in [0.29, 0.717) is 43.8 Å². The molecule has 0 N–H and O–H groups in total. The molecule has 0 aliphatic carbocycles. The van der Waals surface area contributed by atoms with Crippen LogP contribution < -0.4 is 9.47 Å². The fraction of sp³-hybridized carbons (Fsp3) is 0.238. The molecule has 0 saturated carbocycles. The Labute approximate surface area is 187 Å². The molecule has 152 valence electrons. The van der Waals surface area contributed by atoms with E-state index in [1.807, 2.05) is 26.8 Å². The first-order valence-electron chi connectivity index (χ1n) is 8.89. The molecule has 2 aromatic carbocycles. The highest BCUT2D eigenvalue weighted by Crippen LogP contribution is 2.38. The second kappa shape index (κ2) is 9.20. The first-order chi connectivity index (χ1) is 13.8. The Morgan fingerprint density at radius 2 is 2.00 bits per heavy atom. The van der Waals surface area contributed by atoms with Crippen molar-refractivity contribution in [3.63, 3.8) is 0 Å². The minimum absolute atomic E-state index is 0.0178. The third-order valence-corrected chi connectivity index (χ3v) is 4.91. The van der Waals surface area contributed by atoms with Crippen molar-refractivity contribution in [2.24, 2.45) is 4.99 Å². The van der Waals surface area contributed by atoms with E-state index in [1.165, 1.54) is 0 Å². The third kappa shape index (κ3) is 5.13. The van der Waals surface area contributed by atoms with Crippen molar-refractivity contribution < 1.29 is 19.0 Å². The molecular formula is C21H18BrCl2NO4.